The van der Waals surface area contributed by atoms with Crippen molar-refractivity contribution in [2.75, 3.05) is 13.2 Å². The summed E-state index contributed by atoms with van der Waals surface area (Å²) in [6.07, 6.45) is 0.346. The Morgan fingerprint density at radius 3 is 2.14 bits per heavy atom. The Balaban J connectivity index is 2.06. The van der Waals surface area contributed by atoms with Gasteiger partial charge in [-0.1, -0.05) is 23.3 Å². The van der Waals surface area contributed by atoms with E-state index in [1.165, 1.54) is 32.9 Å². The van der Waals surface area contributed by atoms with E-state index >= 15 is 0 Å². The summed E-state index contributed by atoms with van der Waals surface area (Å²) in [5.74, 6) is 0. The van der Waals surface area contributed by atoms with Gasteiger partial charge < -0.3 is 14.4 Å². The van der Waals surface area contributed by atoms with Crippen LogP contribution in [-0.2, 0) is 4.74 Å². The minimum absolute atomic E-state index is 0.0147. The van der Waals surface area contributed by atoms with Crippen molar-refractivity contribution in [1.82, 2.24) is 4.57 Å². The highest BCUT2D eigenvalue weighted by Gasteiger charge is 2.28. The SMILES string of the molecule is Cc1ccc2c(c1)c1cc(C)ccc1n2[C@H]1COCC[C@@H]1O. The number of rotatable bonds is 1. The summed E-state index contributed by atoms with van der Waals surface area (Å²) in [7, 11) is 0. The summed E-state index contributed by atoms with van der Waals surface area (Å²) in [6, 6.07) is 13.1. The number of hydrogen-bond acceptors (Lipinski definition) is 2. The topological polar surface area (TPSA) is 34.4 Å². The summed E-state index contributed by atoms with van der Waals surface area (Å²) in [5.41, 5.74) is 4.88. The lowest BCUT2D eigenvalue weighted by atomic mass is 10.1. The zero-order valence-corrected chi connectivity index (χ0v) is 13.0. The predicted molar refractivity (Wildman–Crippen MR) is 89.4 cm³/mol. The molecule has 0 amide bonds. The van der Waals surface area contributed by atoms with E-state index in [2.05, 4.69) is 54.8 Å². The molecule has 3 nitrogen and oxygen atoms in total. The number of benzene rings is 2. The second-order valence-electron chi connectivity index (χ2n) is 6.41. The van der Waals surface area contributed by atoms with E-state index in [1.54, 1.807) is 0 Å². The van der Waals surface area contributed by atoms with Crippen LogP contribution in [0, 0.1) is 13.8 Å². The fraction of sp³-hybridized carbons (Fsp3) is 0.368. The van der Waals surface area contributed by atoms with E-state index in [4.69, 9.17) is 4.74 Å². The van der Waals surface area contributed by atoms with Crippen molar-refractivity contribution in [3.8, 4) is 0 Å². The van der Waals surface area contributed by atoms with Crippen molar-refractivity contribution >= 4 is 21.8 Å². The Morgan fingerprint density at radius 2 is 1.59 bits per heavy atom. The monoisotopic (exact) mass is 295 g/mol. The molecule has 2 atom stereocenters. The molecule has 0 aliphatic carbocycles. The Morgan fingerprint density at radius 1 is 1.00 bits per heavy atom. The van der Waals surface area contributed by atoms with Crippen LogP contribution < -0.4 is 0 Å². The van der Waals surface area contributed by atoms with Gasteiger partial charge >= 0.3 is 0 Å². The minimum atomic E-state index is -0.352. The zero-order chi connectivity index (χ0) is 15.3. The maximum atomic E-state index is 10.5. The standard InChI is InChI=1S/C19H21NO2/c1-12-3-5-16-14(9-12)15-10-13(2)4-6-17(15)20(16)18-11-22-8-7-19(18)21/h3-6,9-10,18-19,21H,7-8,11H2,1-2H3/t18-,19-/m0/s1. The number of aryl methyl sites for hydroxylation is 2. The molecule has 4 rings (SSSR count). The van der Waals surface area contributed by atoms with E-state index in [0.29, 0.717) is 19.6 Å². The van der Waals surface area contributed by atoms with Gasteiger partial charge in [-0.05, 0) is 44.5 Å². The molecule has 0 saturated carbocycles. The number of hydrogen-bond donors (Lipinski definition) is 1. The number of aromatic nitrogens is 1. The van der Waals surface area contributed by atoms with Crippen molar-refractivity contribution in [2.45, 2.75) is 32.4 Å². The lowest BCUT2D eigenvalue weighted by Crippen LogP contribution is -2.33. The fourth-order valence-electron chi connectivity index (χ4n) is 3.60. The van der Waals surface area contributed by atoms with Crippen molar-refractivity contribution in [3.63, 3.8) is 0 Å². The number of nitrogens with zero attached hydrogens (tertiary/aromatic N) is 1. The smallest absolute Gasteiger partial charge is 0.0836 e. The second kappa shape index (κ2) is 5.11. The van der Waals surface area contributed by atoms with Crippen LogP contribution in [0.25, 0.3) is 21.8 Å². The molecular weight excluding hydrogens is 274 g/mol. The molecule has 2 heterocycles. The Bertz CT molecular complexity index is 790. The molecule has 1 aliphatic rings. The Labute approximate surface area is 130 Å². The van der Waals surface area contributed by atoms with Gasteiger partial charge in [0.1, 0.15) is 0 Å². The second-order valence-corrected chi connectivity index (χ2v) is 6.41. The zero-order valence-electron chi connectivity index (χ0n) is 13.0. The molecule has 3 aromatic rings. The highest BCUT2D eigenvalue weighted by atomic mass is 16.5. The Kier molecular flexibility index (Phi) is 3.21. The van der Waals surface area contributed by atoms with Crippen LogP contribution in [-0.4, -0.2) is 29.0 Å². The van der Waals surface area contributed by atoms with Crippen molar-refractivity contribution in [2.24, 2.45) is 0 Å². The van der Waals surface area contributed by atoms with E-state index in [0.717, 1.165) is 0 Å². The molecule has 1 aliphatic heterocycles. The molecule has 3 heteroatoms. The highest BCUT2D eigenvalue weighted by molar-refractivity contribution is 6.08. The van der Waals surface area contributed by atoms with Gasteiger partial charge in [-0.3, -0.25) is 0 Å². The van der Waals surface area contributed by atoms with Gasteiger partial charge in [0.2, 0.25) is 0 Å². The maximum Gasteiger partial charge on any atom is 0.0836 e. The molecule has 0 spiro atoms. The number of aliphatic hydroxyl groups is 1. The summed E-state index contributed by atoms with van der Waals surface area (Å²) >= 11 is 0. The Hall–Kier alpha value is -1.84. The van der Waals surface area contributed by atoms with E-state index < -0.39 is 0 Å². The van der Waals surface area contributed by atoms with E-state index in [1.807, 2.05) is 0 Å². The first kappa shape index (κ1) is 13.8. The van der Waals surface area contributed by atoms with E-state index in [-0.39, 0.29) is 12.1 Å². The van der Waals surface area contributed by atoms with Crippen LogP contribution in [0.2, 0.25) is 0 Å². The summed E-state index contributed by atoms with van der Waals surface area (Å²) in [4.78, 5) is 0. The van der Waals surface area contributed by atoms with Gasteiger partial charge in [0.25, 0.3) is 0 Å². The predicted octanol–water partition coefficient (Wildman–Crippen LogP) is 3.73. The molecule has 1 aromatic heterocycles. The number of aliphatic hydroxyl groups excluding tert-OH is 1. The summed E-state index contributed by atoms with van der Waals surface area (Å²) < 4.78 is 7.91. The molecule has 1 N–H and O–H groups in total. The van der Waals surface area contributed by atoms with Gasteiger partial charge in [0, 0.05) is 28.4 Å². The quantitative estimate of drug-likeness (QED) is 0.742. The number of fused-ring (bicyclic) bond motifs is 3. The lowest BCUT2D eigenvalue weighted by Gasteiger charge is -2.30. The van der Waals surface area contributed by atoms with Crippen LogP contribution in [0.5, 0.6) is 0 Å². The lowest BCUT2D eigenvalue weighted by molar-refractivity contribution is -0.0263. The third-order valence-corrected chi connectivity index (χ3v) is 4.74. The largest absolute Gasteiger partial charge is 0.391 e. The first-order valence-electron chi connectivity index (χ1n) is 7.92. The molecular formula is C19H21NO2. The average Bonchev–Trinajstić information content (AvgIpc) is 2.81. The van der Waals surface area contributed by atoms with Gasteiger partial charge in [0.05, 0.1) is 18.8 Å². The van der Waals surface area contributed by atoms with Crippen LogP contribution in [0.3, 0.4) is 0 Å². The third-order valence-electron chi connectivity index (χ3n) is 4.74. The fourth-order valence-corrected chi connectivity index (χ4v) is 3.60. The minimum Gasteiger partial charge on any atom is -0.391 e. The van der Waals surface area contributed by atoms with Gasteiger partial charge in [-0.25, -0.2) is 0 Å². The van der Waals surface area contributed by atoms with Crippen molar-refractivity contribution in [1.29, 1.82) is 0 Å². The molecule has 0 unspecified atom stereocenters. The summed E-state index contributed by atoms with van der Waals surface area (Å²) in [6.45, 7) is 5.46. The first-order valence-corrected chi connectivity index (χ1v) is 7.92. The molecule has 0 bridgehead atoms. The molecule has 2 aromatic carbocycles. The van der Waals surface area contributed by atoms with Crippen LogP contribution in [0.15, 0.2) is 36.4 Å². The highest BCUT2D eigenvalue weighted by Crippen LogP contribution is 2.35. The number of ether oxygens (including phenoxy) is 1. The van der Waals surface area contributed by atoms with E-state index in [9.17, 15) is 5.11 Å². The van der Waals surface area contributed by atoms with Gasteiger partial charge in [0.15, 0.2) is 0 Å². The normalized spacial score (nSPS) is 22.5. The van der Waals surface area contributed by atoms with Crippen molar-refractivity contribution < 1.29 is 9.84 Å². The molecule has 1 saturated heterocycles. The average molecular weight is 295 g/mol. The van der Waals surface area contributed by atoms with Crippen molar-refractivity contribution in [3.05, 3.63) is 47.5 Å². The third kappa shape index (κ3) is 2.04. The van der Waals surface area contributed by atoms with Gasteiger partial charge in [-0.2, -0.15) is 0 Å². The van der Waals surface area contributed by atoms with Crippen LogP contribution in [0.1, 0.15) is 23.6 Å². The van der Waals surface area contributed by atoms with Gasteiger partial charge in [-0.15, -0.1) is 0 Å². The van der Waals surface area contributed by atoms with Crippen LogP contribution in [0.4, 0.5) is 0 Å². The summed E-state index contributed by atoms with van der Waals surface area (Å²) in [5, 5.41) is 13.0. The molecule has 0 radical (unpaired) electrons. The first-order chi connectivity index (χ1) is 10.6. The maximum absolute atomic E-state index is 10.5. The van der Waals surface area contributed by atoms with Crippen LogP contribution >= 0.6 is 0 Å². The molecule has 1 fully saturated rings. The molecule has 114 valence electrons. The molecule has 22 heavy (non-hydrogen) atoms.